The molecule has 0 fully saturated rings. The van der Waals surface area contributed by atoms with Crippen molar-refractivity contribution in [1.29, 1.82) is 0 Å². The first-order chi connectivity index (χ1) is 8.90. The van der Waals surface area contributed by atoms with Gasteiger partial charge in [-0.1, -0.05) is 13.0 Å². The molecule has 0 aliphatic rings. The van der Waals surface area contributed by atoms with Crippen molar-refractivity contribution in [2.75, 3.05) is 6.54 Å². The van der Waals surface area contributed by atoms with E-state index in [9.17, 15) is 14.0 Å². The molecule has 0 saturated heterocycles. The number of carbonyl (C=O) groups is 2. The molecule has 0 radical (unpaired) electrons. The molecular formula is C14H18FNO3. The Morgan fingerprint density at radius 2 is 2.11 bits per heavy atom. The summed E-state index contributed by atoms with van der Waals surface area (Å²) >= 11 is 0. The molecule has 0 aromatic heterocycles. The van der Waals surface area contributed by atoms with Crippen LogP contribution in [0.2, 0.25) is 0 Å². The summed E-state index contributed by atoms with van der Waals surface area (Å²) in [7, 11) is 0. The normalized spacial score (nSPS) is 11.9. The molecule has 104 valence electrons. The summed E-state index contributed by atoms with van der Waals surface area (Å²) in [6, 6.07) is 4.43. The first kappa shape index (κ1) is 15.1. The molecule has 5 heteroatoms. The quantitative estimate of drug-likeness (QED) is 0.831. The lowest BCUT2D eigenvalue weighted by Gasteiger charge is -2.12. The van der Waals surface area contributed by atoms with Gasteiger partial charge in [0.15, 0.2) is 0 Å². The predicted octanol–water partition coefficient (Wildman–Crippen LogP) is 2.36. The topological polar surface area (TPSA) is 66.4 Å². The first-order valence-electron chi connectivity index (χ1n) is 6.16. The zero-order valence-corrected chi connectivity index (χ0v) is 11.1. The molecule has 1 atom stereocenters. The monoisotopic (exact) mass is 267 g/mol. The Bertz CT molecular complexity index is 474. The Labute approximate surface area is 111 Å². The van der Waals surface area contributed by atoms with Gasteiger partial charge in [0, 0.05) is 13.0 Å². The molecule has 1 unspecified atom stereocenters. The fraction of sp³-hybridized carbons (Fsp3) is 0.429. The van der Waals surface area contributed by atoms with E-state index in [2.05, 4.69) is 5.32 Å². The molecule has 4 nitrogen and oxygen atoms in total. The molecule has 2 N–H and O–H groups in total. The van der Waals surface area contributed by atoms with E-state index in [1.54, 1.807) is 13.0 Å². The van der Waals surface area contributed by atoms with Gasteiger partial charge in [0.2, 0.25) is 0 Å². The van der Waals surface area contributed by atoms with Crippen LogP contribution in [0.5, 0.6) is 0 Å². The Morgan fingerprint density at radius 1 is 1.42 bits per heavy atom. The number of carbonyl (C=O) groups excluding carboxylic acids is 1. The second-order valence-corrected chi connectivity index (χ2v) is 4.73. The van der Waals surface area contributed by atoms with Crippen LogP contribution in [0.3, 0.4) is 0 Å². The van der Waals surface area contributed by atoms with Gasteiger partial charge in [-0.2, -0.15) is 0 Å². The summed E-state index contributed by atoms with van der Waals surface area (Å²) in [5.41, 5.74) is 0.764. The maximum absolute atomic E-state index is 13.5. The zero-order valence-electron chi connectivity index (χ0n) is 11.1. The van der Waals surface area contributed by atoms with E-state index in [0.29, 0.717) is 13.0 Å². The van der Waals surface area contributed by atoms with E-state index < -0.39 is 17.7 Å². The minimum absolute atomic E-state index is 0.0102. The van der Waals surface area contributed by atoms with E-state index in [1.807, 2.05) is 6.92 Å². The summed E-state index contributed by atoms with van der Waals surface area (Å²) in [5, 5.41) is 11.2. The van der Waals surface area contributed by atoms with Gasteiger partial charge >= 0.3 is 5.97 Å². The SMILES string of the molecule is Cc1ccc(C(=O)NCC(C)CCC(=O)O)c(F)c1. The van der Waals surface area contributed by atoms with Crippen molar-refractivity contribution in [2.24, 2.45) is 5.92 Å². The molecule has 0 heterocycles. The number of hydrogen-bond donors (Lipinski definition) is 2. The highest BCUT2D eigenvalue weighted by Gasteiger charge is 2.13. The number of amides is 1. The lowest BCUT2D eigenvalue weighted by molar-refractivity contribution is -0.137. The van der Waals surface area contributed by atoms with E-state index in [0.717, 1.165) is 5.56 Å². The summed E-state index contributed by atoms with van der Waals surface area (Å²) in [5.74, 6) is -1.84. The number of halogens is 1. The van der Waals surface area contributed by atoms with Gasteiger partial charge in [0.1, 0.15) is 5.82 Å². The van der Waals surface area contributed by atoms with Crippen molar-refractivity contribution in [3.8, 4) is 0 Å². The van der Waals surface area contributed by atoms with E-state index in [1.165, 1.54) is 12.1 Å². The fourth-order valence-electron chi connectivity index (χ4n) is 1.64. The average molecular weight is 267 g/mol. The lowest BCUT2D eigenvalue weighted by Crippen LogP contribution is -2.29. The van der Waals surface area contributed by atoms with Crippen LogP contribution in [-0.4, -0.2) is 23.5 Å². The molecule has 0 spiro atoms. The summed E-state index contributed by atoms with van der Waals surface area (Å²) in [6.45, 7) is 3.92. The second-order valence-electron chi connectivity index (χ2n) is 4.73. The van der Waals surface area contributed by atoms with Crippen molar-refractivity contribution in [3.05, 3.63) is 35.1 Å². The molecule has 1 aromatic rings. The minimum Gasteiger partial charge on any atom is -0.481 e. The van der Waals surface area contributed by atoms with Crippen molar-refractivity contribution < 1.29 is 19.1 Å². The summed E-state index contributed by atoms with van der Waals surface area (Å²) < 4.78 is 13.5. The third-order valence-electron chi connectivity index (χ3n) is 2.83. The number of nitrogens with one attached hydrogen (secondary N) is 1. The lowest BCUT2D eigenvalue weighted by atomic mass is 10.1. The highest BCUT2D eigenvalue weighted by Crippen LogP contribution is 2.10. The standard InChI is InChI=1S/C14H18FNO3/c1-9-3-5-11(12(15)7-9)14(19)16-8-10(2)4-6-13(17)18/h3,5,7,10H,4,6,8H2,1-2H3,(H,16,19)(H,17,18). The Balaban J connectivity index is 2.49. The Morgan fingerprint density at radius 3 is 2.68 bits per heavy atom. The molecule has 1 rings (SSSR count). The van der Waals surface area contributed by atoms with E-state index in [4.69, 9.17) is 5.11 Å². The van der Waals surface area contributed by atoms with Crippen molar-refractivity contribution in [2.45, 2.75) is 26.7 Å². The number of aryl methyl sites for hydroxylation is 1. The molecule has 1 amide bonds. The fourth-order valence-corrected chi connectivity index (χ4v) is 1.64. The third-order valence-corrected chi connectivity index (χ3v) is 2.83. The number of aliphatic carboxylic acids is 1. The van der Waals surface area contributed by atoms with Gasteiger partial charge in [0.05, 0.1) is 5.56 Å². The molecule has 0 aliphatic heterocycles. The molecule has 1 aromatic carbocycles. The highest BCUT2D eigenvalue weighted by molar-refractivity contribution is 5.94. The van der Waals surface area contributed by atoms with Crippen LogP contribution in [-0.2, 0) is 4.79 Å². The van der Waals surface area contributed by atoms with E-state index in [-0.39, 0.29) is 17.9 Å². The summed E-state index contributed by atoms with van der Waals surface area (Å²) in [4.78, 5) is 22.2. The first-order valence-corrected chi connectivity index (χ1v) is 6.16. The Kier molecular flexibility index (Phi) is 5.48. The second kappa shape index (κ2) is 6.87. The van der Waals surface area contributed by atoms with Crippen LogP contribution >= 0.6 is 0 Å². The van der Waals surface area contributed by atoms with Crippen LogP contribution in [0.25, 0.3) is 0 Å². The van der Waals surface area contributed by atoms with Crippen molar-refractivity contribution in [3.63, 3.8) is 0 Å². The van der Waals surface area contributed by atoms with Crippen LogP contribution in [0.15, 0.2) is 18.2 Å². The van der Waals surface area contributed by atoms with Gasteiger partial charge in [0.25, 0.3) is 5.91 Å². The van der Waals surface area contributed by atoms with Crippen molar-refractivity contribution in [1.82, 2.24) is 5.32 Å². The predicted molar refractivity (Wildman–Crippen MR) is 69.5 cm³/mol. The van der Waals surface area contributed by atoms with E-state index >= 15 is 0 Å². The van der Waals surface area contributed by atoms with Crippen LogP contribution in [0.1, 0.15) is 35.7 Å². The summed E-state index contributed by atoms with van der Waals surface area (Å²) in [6.07, 6.45) is 0.544. The molecule has 0 aliphatic carbocycles. The minimum atomic E-state index is -0.859. The molecule has 19 heavy (non-hydrogen) atoms. The van der Waals surface area contributed by atoms with Crippen LogP contribution < -0.4 is 5.32 Å². The van der Waals surface area contributed by atoms with Gasteiger partial charge in [-0.15, -0.1) is 0 Å². The largest absolute Gasteiger partial charge is 0.481 e. The molecular weight excluding hydrogens is 249 g/mol. The number of rotatable bonds is 6. The average Bonchev–Trinajstić information content (AvgIpc) is 2.33. The Hall–Kier alpha value is -1.91. The number of carboxylic acids is 1. The van der Waals surface area contributed by atoms with Crippen LogP contribution in [0, 0.1) is 18.7 Å². The van der Waals surface area contributed by atoms with Crippen molar-refractivity contribution >= 4 is 11.9 Å². The van der Waals surface area contributed by atoms with Gasteiger partial charge in [-0.25, -0.2) is 4.39 Å². The molecule has 0 bridgehead atoms. The van der Waals surface area contributed by atoms with Gasteiger partial charge in [-0.05, 0) is 37.0 Å². The van der Waals surface area contributed by atoms with Gasteiger partial charge < -0.3 is 10.4 Å². The smallest absolute Gasteiger partial charge is 0.303 e. The zero-order chi connectivity index (χ0) is 14.4. The number of hydrogen-bond acceptors (Lipinski definition) is 2. The number of benzene rings is 1. The molecule has 0 saturated carbocycles. The third kappa shape index (κ3) is 5.07. The van der Waals surface area contributed by atoms with Gasteiger partial charge in [-0.3, -0.25) is 9.59 Å². The maximum atomic E-state index is 13.5. The van der Waals surface area contributed by atoms with Crippen LogP contribution in [0.4, 0.5) is 4.39 Å². The number of carboxylic acid groups (broad SMARTS) is 1. The maximum Gasteiger partial charge on any atom is 0.303 e. The highest BCUT2D eigenvalue weighted by atomic mass is 19.1.